The molecular formula is C23H18FN3O3. The van der Waals surface area contributed by atoms with Crippen LogP contribution in [0.5, 0.6) is 11.8 Å². The van der Waals surface area contributed by atoms with E-state index in [2.05, 4.69) is 15.3 Å². The molecule has 2 aromatic carbocycles. The van der Waals surface area contributed by atoms with Crippen LogP contribution in [0.4, 0.5) is 10.1 Å². The second kappa shape index (κ2) is 9.00. The standard InChI is InChI=1S/C23H18FN3O3/c24-20-5-2-1-4-19(20)21-12-10-17(29-21)11-13-22(28)27-16-6-8-18(9-7-16)30-23-25-14-3-15-26-23/h1-10,12,14-15H,11,13H2,(H,27,28). The summed E-state index contributed by atoms with van der Waals surface area (Å²) < 4.78 is 25.0. The van der Waals surface area contributed by atoms with Gasteiger partial charge in [-0.25, -0.2) is 14.4 Å². The van der Waals surface area contributed by atoms with E-state index < -0.39 is 0 Å². The highest BCUT2D eigenvalue weighted by molar-refractivity contribution is 5.90. The number of amides is 1. The van der Waals surface area contributed by atoms with Gasteiger partial charge in [0.2, 0.25) is 5.91 Å². The predicted octanol–water partition coefficient (Wildman–Crippen LogP) is 5.24. The van der Waals surface area contributed by atoms with Crippen molar-refractivity contribution in [1.82, 2.24) is 9.97 Å². The Bertz CT molecular complexity index is 1130. The Kier molecular flexibility index (Phi) is 5.80. The molecule has 0 atom stereocenters. The fourth-order valence-corrected chi connectivity index (χ4v) is 2.83. The summed E-state index contributed by atoms with van der Waals surface area (Å²) in [6, 6.07) is 18.7. The van der Waals surface area contributed by atoms with E-state index in [1.54, 1.807) is 73.1 Å². The normalized spacial score (nSPS) is 10.6. The zero-order valence-electron chi connectivity index (χ0n) is 15.9. The van der Waals surface area contributed by atoms with Gasteiger partial charge < -0.3 is 14.5 Å². The van der Waals surface area contributed by atoms with Gasteiger partial charge in [-0.15, -0.1) is 0 Å². The van der Waals surface area contributed by atoms with Gasteiger partial charge in [0.15, 0.2) is 0 Å². The Hall–Kier alpha value is -4.00. The van der Waals surface area contributed by atoms with Crippen molar-refractivity contribution in [3.05, 3.63) is 90.7 Å². The van der Waals surface area contributed by atoms with E-state index in [0.717, 1.165) is 0 Å². The number of nitrogens with one attached hydrogen (secondary N) is 1. The maximum Gasteiger partial charge on any atom is 0.321 e. The molecule has 0 aliphatic rings. The van der Waals surface area contributed by atoms with Gasteiger partial charge in [0, 0.05) is 30.9 Å². The Labute approximate surface area is 172 Å². The predicted molar refractivity (Wildman–Crippen MR) is 110 cm³/mol. The van der Waals surface area contributed by atoms with Crippen LogP contribution in [-0.4, -0.2) is 15.9 Å². The second-order valence-corrected chi connectivity index (χ2v) is 6.45. The number of halogens is 1. The highest BCUT2D eigenvalue weighted by Gasteiger charge is 2.11. The average molecular weight is 403 g/mol. The maximum absolute atomic E-state index is 13.9. The van der Waals surface area contributed by atoms with E-state index in [4.69, 9.17) is 9.15 Å². The number of benzene rings is 2. The SMILES string of the molecule is O=C(CCc1ccc(-c2ccccc2F)o1)Nc1ccc(Oc2ncccn2)cc1. The first kappa shape index (κ1) is 19.3. The Morgan fingerprint density at radius 1 is 0.967 bits per heavy atom. The third-order valence-electron chi connectivity index (χ3n) is 4.29. The van der Waals surface area contributed by atoms with Crippen molar-refractivity contribution in [2.75, 3.05) is 5.32 Å². The summed E-state index contributed by atoms with van der Waals surface area (Å²) in [5.74, 6) is 1.13. The molecule has 0 bridgehead atoms. The first-order chi connectivity index (χ1) is 14.7. The number of aryl methyl sites for hydroxylation is 1. The van der Waals surface area contributed by atoms with Crippen LogP contribution in [0.15, 0.2) is 83.5 Å². The van der Waals surface area contributed by atoms with Gasteiger partial charge in [-0.3, -0.25) is 4.79 Å². The van der Waals surface area contributed by atoms with Crippen LogP contribution in [0.2, 0.25) is 0 Å². The molecule has 150 valence electrons. The highest BCUT2D eigenvalue weighted by Crippen LogP contribution is 2.25. The van der Waals surface area contributed by atoms with Gasteiger partial charge >= 0.3 is 6.01 Å². The zero-order valence-corrected chi connectivity index (χ0v) is 15.9. The van der Waals surface area contributed by atoms with Gasteiger partial charge in [0.05, 0.1) is 5.56 Å². The molecule has 2 aromatic heterocycles. The molecule has 7 heteroatoms. The molecule has 6 nitrogen and oxygen atoms in total. The number of carbonyl (C=O) groups excluding carboxylic acids is 1. The molecule has 0 unspecified atom stereocenters. The molecule has 1 amide bonds. The number of carbonyl (C=O) groups is 1. The Balaban J connectivity index is 1.29. The van der Waals surface area contributed by atoms with Gasteiger partial charge in [0.1, 0.15) is 23.1 Å². The van der Waals surface area contributed by atoms with Crippen LogP contribution in [0.3, 0.4) is 0 Å². The van der Waals surface area contributed by atoms with Crippen LogP contribution in [-0.2, 0) is 11.2 Å². The van der Waals surface area contributed by atoms with Crippen molar-refractivity contribution in [2.24, 2.45) is 0 Å². The molecular weight excluding hydrogens is 385 g/mol. The molecule has 0 fully saturated rings. The minimum absolute atomic E-state index is 0.154. The van der Waals surface area contributed by atoms with Crippen LogP contribution in [0.25, 0.3) is 11.3 Å². The highest BCUT2D eigenvalue weighted by atomic mass is 19.1. The van der Waals surface area contributed by atoms with E-state index in [0.29, 0.717) is 34.9 Å². The van der Waals surface area contributed by atoms with E-state index in [9.17, 15) is 9.18 Å². The van der Waals surface area contributed by atoms with Crippen LogP contribution in [0, 0.1) is 5.82 Å². The minimum atomic E-state index is -0.345. The summed E-state index contributed by atoms with van der Waals surface area (Å²) in [5, 5.41) is 2.82. The first-order valence-corrected chi connectivity index (χ1v) is 9.36. The zero-order chi connectivity index (χ0) is 20.8. The van der Waals surface area contributed by atoms with Crippen LogP contribution >= 0.6 is 0 Å². The van der Waals surface area contributed by atoms with Gasteiger partial charge in [0.25, 0.3) is 0 Å². The van der Waals surface area contributed by atoms with Gasteiger partial charge in [-0.05, 0) is 54.6 Å². The smallest absolute Gasteiger partial charge is 0.321 e. The van der Waals surface area contributed by atoms with E-state index >= 15 is 0 Å². The second-order valence-electron chi connectivity index (χ2n) is 6.45. The van der Waals surface area contributed by atoms with Crippen molar-refractivity contribution in [1.29, 1.82) is 0 Å². The summed E-state index contributed by atoms with van der Waals surface area (Å²) in [6.45, 7) is 0. The molecule has 4 aromatic rings. The molecule has 0 saturated heterocycles. The van der Waals surface area contributed by atoms with Crippen LogP contribution < -0.4 is 10.1 Å². The number of rotatable bonds is 7. The summed E-state index contributed by atoms with van der Waals surface area (Å²) >= 11 is 0. The lowest BCUT2D eigenvalue weighted by Gasteiger charge is -2.07. The van der Waals surface area contributed by atoms with E-state index in [-0.39, 0.29) is 24.2 Å². The quantitative estimate of drug-likeness (QED) is 0.457. The number of hydrogen-bond acceptors (Lipinski definition) is 5. The Morgan fingerprint density at radius 3 is 2.50 bits per heavy atom. The number of furan rings is 1. The number of nitrogens with zero attached hydrogens (tertiary/aromatic N) is 2. The molecule has 4 rings (SSSR count). The van der Waals surface area contributed by atoms with Gasteiger partial charge in [-0.2, -0.15) is 0 Å². The summed E-state index contributed by atoms with van der Waals surface area (Å²) in [6.07, 6.45) is 3.83. The van der Waals surface area contributed by atoms with Crippen molar-refractivity contribution in [2.45, 2.75) is 12.8 Å². The molecule has 0 aliphatic heterocycles. The number of anilines is 1. The van der Waals surface area contributed by atoms with Crippen molar-refractivity contribution in [3.8, 4) is 23.1 Å². The van der Waals surface area contributed by atoms with Crippen molar-refractivity contribution in [3.63, 3.8) is 0 Å². The Morgan fingerprint density at radius 2 is 1.73 bits per heavy atom. The third-order valence-corrected chi connectivity index (χ3v) is 4.29. The molecule has 1 N–H and O–H groups in total. The molecule has 0 aliphatic carbocycles. The van der Waals surface area contributed by atoms with Crippen molar-refractivity contribution < 1.29 is 18.3 Å². The van der Waals surface area contributed by atoms with E-state index in [1.165, 1.54) is 6.07 Å². The number of ether oxygens (including phenoxy) is 1. The lowest BCUT2D eigenvalue weighted by atomic mass is 10.1. The fourth-order valence-electron chi connectivity index (χ4n) is 2.83. The topological polar surface area (TPSA) is 77.2 Å². The molecule has 30 heavy (non-hydrogen) atoms. The maximum atomic E-state index is 13.9. The average Bonchev–Trinajstić information content (AvgIpc) is 3.24. The molecule has 0 spiro atoms. The monoisotopic (exact) mass is 403 g/mol. The molecule has 0 saturated carbocycles. The van der Waals surface area contributed by atoms with Gasteiger partial charge in [-0.1, -0.05) is 12.1 Å². The summed E-state index contributed by atoms with van der Waals surface area (Å²) in [7, 11) is 0. The number of hydrogen-bond donors (Lipinski definition) is 1. The summed E-state index contributed by atoms with van der Waals surface area (Å²) in [5.41, 5.74) is 1.05. The van der Waals surface area contributed by atoms with Crippen LogP contribution in [0.1, 0.15) is 12.2 Å². The molecule has 0 radical (unpaired) electrons. The molecule has 2 heterocycles. The first-order valence-electron chi connectivity index (χ1n) is 9.36. The lowest BCUT2D eigenvalue weighted by molar-refractivity contribution is -0.116. The third kappa shape index (κ3) is 4.88. The lowest BCUT2D eigenvalue weighted by Crippen LogP contribution is -2.12. The minimum Gasteiger partial charge on any atom is -0.461 e. The van der Waals surface area contributed by atoms with Crippen molar-refractivity contribution >= 4 is 11.6 Å². The largest absolute Gasteiger partial charge is 0.461 e. The fraction of sp³-hybridized carbons (Fsp3) is 0.0870. The van der Waals surface area contributed by atoms with E-state index in [1.807, 2.05) is 0 Å². The summed E-state index contributed by atoms with van der Waals surface area (Å²) in [4.78, 5) is 20.2. The number of aromatic nitrogens is 2.